The van der Waals surface area contributed by atoms with Gasteiger partial charge in [-0.2, -0.15) is 0 Å². The molecule has 0 saturated heterocycles. The molecule has 0 radical (unpaired) electrons. The first-order chi connectivity index (χ1) is 14.7. The van der Waals surface area contributed by atoms with E-state index in [9.17, 15) is 0 Å². The van der Waals surface area contributed by atoms with Gasteiger partial charge in [0.25, 0.3) is 0 Å². The average molecular weight is 444 g/mol. The summed E-state index contributed by atoms with van der Waals surface area (Å²) in [5.74, 6) is 2.06. The monoisotopic (exact) mass is 443 g/mol. The maximum Gasteiger partial charge on any atom is 0.120 e. The fourth-order valence-corrected chi connectivity index (χ4v) is 4.40. The van der Waals surface area contributed by atoms with Gasteiger partial charge in [0.1, 0.15) is 16.5 Å². The zero-order valence-corrected chi connectivity index (χ0v) is 19.1. The summed E-state index contributed by atoms with van der Waals surface area (Å²) in [6.45, 7) is 0.690. The predicted molar refractivity (Wildman–Crippen MR) is 125 cm³/mol. The van der Waals surface area contributed by atoms with Crippen LogP contribution in [0.5, 0.6) is 11.5 Å². The Morgan fingerprint density at radius 3 is 1.90 bits per heavy atom. The molecule has 3 aromatic rings. The molecule has 2 aromatic carbocycles. The minimum Gasteiger partial charge on any atom is -0.497 e. The highest BCUT2D eigenvalue weighted by Crippen LogP contribution is 2.37. The Morgan fingerprint density at radius 1 is 0.900 bits per heavy atom. The van der Waals surface area contributed by atoms with Crippen LogP contribution in [0, 0.1) is 0 Å². The van der Waals surface area contributed by atoms with Gasteiger partial charge in [0.2, 0.25) is 0 Å². The Morgan fingerprint density at radius 2 is 1.47 bits per heavy atom. The summed E-state index contributed by atoms with van der Waals surface area (Å²) in [5, 5.41) is 3.02. The molecule has 0 atom stereocenters. The van der Waals surface area contributed by atoms with Crippen LogP contribution in [0.4, 0.5) is 0 Å². The number of alkyl halides is 1. The standard InChI is InChI=1S/C24H26ClNO3S/c1-27-14-4-5-22(24-26-19(15-25)16-30-24)23(17-6-10-20(28-2)11-7-17)18-8-12-21(29-3)13-9-18/h6-13,16H,4-5,14-15H2,1-3H3. The molecular formula is C24H26ClNO3S. The lowest BCUT2D eigenvalue weighted by molar-refractivity contribution is 0.196. The van der Waals surface area contributed by atoms with Crippen molar-refractivity contribution in [3.63, 3.8) is 0 Å². The van der Waals surface area contributed by atoms with Gasteiger partial charge < -0.3 is 14.2 Å². The third-order valence-electron chi connectivity index (χ3n) is 4.78. The van der Waals surface area contributed by atoms with Crippen LogP contribution in [0.3, 0.4) is 0 Å². The van der Waals surface area contributed by atoms with Crippen molar-refractivity contribution in [3.8, 4) is 11.5 Å². The minimum absolute atomic E-state index is 0.405. The van der Waals surface area contributed by atoms with E-state index in [0.29, 0.717) is 12.5 Å². The Hall–Kier alpha value is -2.34. The van der Waals surface area contributed by atoms with Crippen molar-refractivity contribution >= 4 is 34.1 Å². The summed E-state index contributed by atoms with van der Waals surface area (Å²) < 4.78 is 16.0. The van der Waals surface area contributed by atoms with Gasteiger partial charge in [-0.3, -0.25) is 0 Å². The maximum atomic E-state index is 6.03. The normalized spacial score (nSPS) is 10.7. The Labute approximate surface area is 187 Å². The molecule has 0 fully saturated rings. The largest absolute Gasteiger partial charge is 0.497 e. The van der Waals surface area contributed by atoms with Crippen LogP contribution >= 0.6 is 22.9 Å². The molecule has 158 valence electrons. The highest BCUT2D eigenvalue weighted by atomic mass is 35.5. The van der Waals surface area contributed by atoms with Crippen LogP contribution in [0.1, 0.15) is 34.7 Å². The molecule has 0 saturated carbocycles. The third-order valence-corrected chi connectivity index (χ3v) is 6.01. The van der Waals surface area contributed by atoms with Gasteiger partial charge in [-0.15, -0.1) is 22.9 Å². The molecule has 0 spiro atoms. The smallest absolute Gasteiger partial charge is 0.120 e. The van der Waals surface area contributed by atoms with Crippen molar-refractivity contribution in [2.24, 2.45) is 0 Å². The lowest BCUT2D eigenvalue weighted by atomic mass is 9.91. The van der Waals surface area contributed by atoms with Gasteiger partial charge in [-0.05, 0) is 59.4 Å². The van der Waals surface area contributed by atoms with Crippen LogP contribution in [-0.2, 0) is 10.6 Å². The zero-order chi connectivity index (χ0) is 21.3. The fourth-order valence-electron chi connectivity index (χ4n) is 3.27. The van der Waals surface area contributed by atoms with Gasteiger partial charge in [0.15, 0.2) is 0 Å². The van der Waals surface area contributed by atoms with Crippen molar-refractivity contribution in [2.45, 2.75) is 18.7 Å². The highest BCUT2D eigenvalue weighted by molar-refractivity contribution is 7.10. The SMILES string of the molecule is COCCCC(=C(c1ccc(OC)cc1)c1ccc(OC)cc1)c1nc(CCl)cs1. The number of allylic oxidation sites excluding steroid dienone is 1. The van der Waals surface area contributed by atoms with E-state index in [0.717, 1.165) is 51.7 Å². The molecule has 0 bridgehead atoms. The number of halogens is 1. The van der Waals surface area contributed by atoms with E-state index in [2.05, 4.69) is 24.3 Å². The summed E-state index contributed by atoms with van der Waals surface area (Å²) in [4.78, 5) is 4.79. The summed E-state index contributed by atoms with van der Waals surface area (Å²) in [6.07, 6.45) is 1.74. The van der Waals surface area contributed by atoms with Gasteiger partial charge in [-0.1, -0.05) is 24.3 Å². The molecule has 0 unspecified atom stereocenters. The van der Waals surface area contributed by atoms with Gasteiger partial charge in [0, 0.05) is 19.1 Å². The van der Waals surface area contributed by atoms with Crippen molar-refractivity contribution in [1.82, 2.24) is 4.98 Å². The van der Waals surface area contributed by atoms with Gasteiger partial charge >= 0.3 is 0 Å². The van der Waals surface area contributed by atoms with Crippen molar-refractivity contribution < 1.29 is 14.2 Å². The van der Waals surface area contributed by atoms with Crippen molar-refractivity contribution in [2.75, 3.05) is 27.9 Å². The Balaban J connectivity index is 2.19. The molecule has 1 aromatic heterocycles. The Bertz CT molecular complexity index is 915. The van der Waals surface area contributed by atoms with E-state index in [1.165, 1.54) is 5.57 Å². The molecule has 0 amide bonds. The third kappa shape index (κ3) is 5.42. The minimum atomic E-state index is 0.405. The lowest BCUT2D eigenvalue weighted by Crippen LogP contribution is -1.98. The molecule has 0 N–H and O–H groups in total. The molecular weight excluding hydrogens is 418 g/mol. The second-order valence-corrected chi connectivity index (χ2v) is 7.81. The molecule has 0 aliphatic rings. The van der Waals surface area contributed by atoms with Crippen LogP contribution in [0.15, 0.2) is 53.9 Å². The zero-order valence-electron chi connectivity index (χ0n) is 17.5. The highest BCUT2D eigenvalue weighted by Gasteiger charge is 2.17. The lowest BCUT2D eigenvalue weighted by Gasteiger charge is -2.16. The number of aromatic nitrogens is 1. The van der Waals surface area contributed by atoms with E-state index in [-0.39, 0.29) is 0 Å². The molecule has 4 nitrogen and oxygen atoms in total. The summed E-state index contributed by atoms with van der Waals surface area (Å²) in [5.41, 5.74) is 5.44. The van der Waals surface area contributed by atoms with E-state index in [1.807, 2.05) is 29.6 Å². The fraction of sp³-hybridized carbons (Fsp3) is 0.292. The first-order valence-corrected chi connectivity index (χ1v) is 11.1. The number of hydrogen-bond acceptors (Lipinski definition) is 5. The first kappa shape index (κ1) is 22.3. The van der Waals surface area contributed by atoms with Crippen molar-refractivity contribution in [1.29, 1.82) is 0 Å². The Kier molecular flexibility index (Phi) is 8.31. The van der Waals surface area contributed by atoms with Crippen LogP contribution in [-0.4, -0.2) is 32.9 Å². The first-order valence-electron chi connectivity index (χ1n) is 9.71. The van der Waals surface area contributed by atoms with Gasteiger partial charge in [0.05, 0.1) is 25.8 Å². The van der Waals surface area contributed by atoms with E-state index >= 15 is 0 Å². The molecule has 1 heterocycles. The number of benzene rings is 2. The predicted octanol–water partition coefficient (Wildman–Crippen LogP) is 6.28. The van der Waals surface area contributed by atoms with Crippen molar-refractivity contribution in [3.05, 3.63) is 75.7 Å². The second-order valence-electron chi connectivity index (χ2n) is 6.68. The summed E-state index contributed by atoms with van der Waals surface area (Å²) in [6, 6.07) is 16.3. The molecule has 0 aliphatic carbocycles. The van der Waals surface area contributed by atoms with E-state index in [4.69, 9.17) is 30.8 Å². The molecule has 0 aliphatic heterocycles. The van der Waals surface area contributed by atoms with E-state index in [1.54, 1.807) is 32.7 Å². The van der Waals surface area contributed by atoms with Crippen LogP contribution < -0.4 is 9.47 Å². The summed E-state index contributed by atoms with van der Waals surface area (Å²) in [7, 11) is 5.08. The molecule has 3 rings (SSSR count). The summed E-state index contributed by atoms with van der Waals surface area (Å²) >= 11 is 7.66. The van der Waals surface area contributed by atoms with Gasteiger partial charge in [-0.25, -0.2) is 4.98 Å². The number of methoxy groups -OCH3 is 3. The van der Waals surface area contributed by atoms with Crippen LogP contribution in [0.25, 0.3) is 11.1 Å². The maximum absolute atomic E-state index is 6.03. The number of rotatable bonds is 10. The number of nitrogens with zero attached hydrogens (tertiary/aromatic N) is 1. The topological polar surface area (TPSA) is 40.6 Å². The van der Waals surface area contributed by atoms with E-state index < -0.39 is 0 Å². The quantitative estimate of drug-likeness (QED) is 0.273. The number of thiazole rings is 1. The molecule has 6 heteroatoms. The molecule has 30 heavy (non-hydrogen) atoms. The number of hydrogen-bond donors (Lipinski definition) is 0. The number of ether oxygens (including phenoxy) is 3. The van der Waals surface area contributed by atoms with Crippen LogP contribution in [0.2, 0.25) is 0 Å². The second kappa shape index (κ2) is 11.2. The average Bonchev–Trinajstić information content (AvgIpc) is 3.28.